The Morgan fingerprint density at radius 1 is 1.33 bits per heavy atom. The number of rotatable bonds is 8. The molecule has 0 heterocycles. The normalized spacial score (nSPS) is 10.5. The zero-order valence-corrected chi connectivity index (χ0v) is 12.6. The van der Waals surface area contributed by atoms with Gasteiger partial charge in [0.15, 0.2) is 5.78 Å². The molecule has 0 spiro atoms. The number of amides is 1. The van der Waals surface area contributed by atoms with Crippen LogP contribution in [0.2, 0.25) is 0 Å². The molecule has 5 nitrogen and oxygen atoms in total. The molecule has 1 amide bonds. The Kier molecular flexibility index (Phi) is 6.81. The molecule has 1 N–H and O–H groups in total. The van der Waals surface area contributed by atoms with E-state index in [1.54, 1.807) is 11.9 Å². The molecule has 0 aliphatic rings. The number of hydrogen-bond acceptors (Lipinski definition) is 4. The summed E-state index contributed by atoms with van der Waals surface area (Å²) in [7, 11) is 2.97. The van der Waals surface area contributed by atoms with Crippen LogP contribution in [0, 0.1) is 5.82 Å². The van der Waals surface area contributed by atoms with Crippen LogP contribution in [-0.2, 0) is 4.79 Å². The van der Waals surface area contributed by atoms with E-state index in [2.05, 4.69) is 5.32 Å². The quantitative estimate of drug-likeness (QED) is 0.738. The summed E-state index contributed by atoms with van der Waals surface area (Å²) in [6.07, 6.45) is 0.810. The fourth-order valence-corrected chi connectivity index (χ4v) is 2.00. The summed E-state index contributed by atoms with van der Waals surface area (Å²) < 4.78 is 18.4. The summed E-state index contributed by atoms with van der Waals surface area (Å²) in [5, 5.41) is 2.52. The van der Waals surface area contributed by atoms with Crippen molar-refractivity contribution in [3.8, 4) is 5.75 Å². The van der Waals surface area contributed by atoms with Gasteiger partial charge in [-0.3, -0.25) is 14.5 Å². The van der Waals surface area contributed by atoms with Crippen LogP contribution in [0.4, 0.5) is 4.39 Å². The van der Waals surface area contributed by atoms with Gasteiger partial charge in [-0.1, -0.05) is 6.92 Å². The Bertz CT molecular complexity index is 506. The third-order valence-corrected chi connectivity index (χ3v) is 3.02. The molecule has 21 heavy (non-hydrogen) atoms. The number of methoxy groups -OCH3 is 1. The van der Waals surface area contributed by atoms with E-state index in [4.69, 9.17) is 4.74 Å². The Morgan fingerprint density at radius 3 is 2.62 bits per heavy atom. The Labute approximate surface area is 124 Å². The Balaban J connectivity index is 2.86. The van der Waals surface area contributed by atoms with Gasteiger partial charge in [0.05, 0.1) is 25.8 Å². The number of halogens is 1. The van der Waals surface area contributed by atoms with Crippen molar-refractivity contribution in [3.63, 3.8) is 0 Å². The molecule has 0 aliphatic heterocycles. The van der Waals surface area contributed by atoms with Crippen molar-refractivity contribution >= 4 is 11.7 Å². The first kappa shape index (κ1) is 17.1. The number of ether oxygens (including phenoxy) is 1. The maximum absolute atomic E-state index is 13.3. The standard InChI is InChI=1S/C15H21FN2O3/c1-4-7-18(10-15(20)17-2)9-13(19)12-8-11(16)5-6-14(12)21-3/h5-6,8H,4,7,9-10H2,1-3H3,(H,17,20). The first-order chi connectivity index (χ1) is 10.0. The lowest BCUT2D eigenvalue weighted by Gasteiger charge is -2.20. The zero-order chi connectivity index (χ0) is 15.8. The van der Waals surface area contributed by atoms with Gasteiger partial charge >= 0.3 is 0 Å². The predicted molar refractivity (Wildman–Crippen MR) is 78.1 cm³/mol. The first-order valence-corrected chi connectivity index (χ1v) is 6.81. The molecular weight excluding hydrogens is 275 g/mol. The van der Waals surface area contributed by atoms with Crippen LogP contribution >= 0.6 is 0 Å². The highest BCUT2D eigenvalue weighted by Gasteiger charge is 2.18. The van der Waals surface area contributed by atoms with Gasteiger partial charge in [0.1, 0.15) is 11.6 Å². The second kappa shape index (κ2) is 8.36. The van der Waals surface area contributed by atoms with Gasteiger partial charge in [-0.2, -0.15) is 0 Å². The van der Waals surface area contributed by atoms with Crippen molar-refractivity contribution < 1.29 is 18.7 Å². The minimum atomic E-state index is -0.493. The first-order valence-electron chi connectivity index (χ1n) is 6.81. The highest BCUT2D eigenvalue weighted by Crippen LogP contribution is 2.20. The van der Waals surface area contributed by atoms with Crippen LogP contribution in [0.1, 0.15) is 23.7 Å². The van der Waals surface area contributed by atoms with Gasteiger partial charge < -0.3 is 10.1 Å². The minimum Gasteiger partial charge on any atom is -0.496 e. The van der Waals surface area contributed by atoms with Crippen LogP contribution in [0.25, 0.3) is 0 Å². The molecule has 1 rings (SSSR count). The van der Waals surface area contributed by atoms with E-state index in [9.17, 15) is 14.0 Å². The molecule has 0 bridgehead atoms. The van der Waals surface area contributed by atoms with Gasteiger partial charge in [-0.05, 0) is 31.2 Å². The molecule has 1 aromatic carbocycles. The Hall–Kier alpha value is -1.95. The molecule has 0 saturated carbocycles. The second-order valence-corrected chi connectivity index (χ2v) is 4.65. The summed E-state index contributed by atoms with van der Waals surface area (Å²) >= 11 is 0. The average Bonchev–Trinajstić information content (AvgIpc) is 2.47. The number of Topliss-reactive ketones (excluding diaryl/α,β-unsaturated/α-hetero) is 1. The summed E-state index contributed by atoms with van der Waals surface area (Å²) in [4.78, 5) is 25.5. The monoisotopic (exact) mass is 296 g/mol. The highest BCUT2D eigenvalue weighted by atomic mass is 19.1. The number of benzene rings is 1. The molecular formula is C15H21FN2O3. The molecule has 1 aromatic rings. The van der Waals surface area contributed by atoms with Crippen molar-refractivity contribution in [2.45, 2.75) is 13.3 Å². The van der Waals surface area contributed by atoms with Gasteiger partial charge in [-0.15, -0.1) is 0 Å². The van der Waals surface area contributed by atoms with E-state index in [1.165, 1.54) is 19.2 Å². The second-order valence-electron chi connectivity index (χ2n) is 4.65. The lowest BCUT2D eigenvalue weighted by Crippen LogP contribution is -2.39. The van der Waals surface area contributed by atoms with Crippen molar-refractivity contribution in [1.29, 1.82) is 0 Å². The van der Waals surface area contributed by atoms with Crippen LogP contribution in [0.3, 0.4) is 0 Å². The summed E-state index contributed by atoms with van der Waals surface area (Å²) in [6, 6.07) is 3.82. The fourth-order valence-electron chi connectivity index (χ4n) is 2.00. The molecule has 6 heteroatoms. The van der Waals surface area contributed by atoms with Crippen molar-refractivity contribution in [2.75, 3.05) is 33.8 Å². The molecule has 0 radical (unpaired) electrons. The van der Waals surface area contributed by atoms with Gasteiger partial charge in [0, 0.05) is 7.05 Å². The van der Waals surface area contributed by atoms with Crippen LogP contribution in [-0.4, -0.2) is 50.4 Å². The number of carbonyl (C=O) groups excluding carboxylic acids is 2. The van der Waals surface area contributed by atoms with Gasteiger partial charge in [0.2, 0.25) is 5.91 Å². The molecule has 116 valence electrons. The van der Waals surface area contributed by atoms with Crippen LogP contribution < -0.4 is 10.1 Å². The van der Waals surface area contributed by atoms with E-state index in [1.807, 2.05) is 6.92 Å². The van der Waals surface area contributed by atoms with E-state index in [0.29, 0.717) is 12.3 Å². The maximum atomic E-state index is 13.3. The summed E-state index contributed by atoms with van der Waals surface area (Å²) in [5.41, 5.74) is 0.190. The van der Waals surface area contributed by atoms with Crippen molar-refractivity contribution in [3.05, 3.63) is 29.6 Å². The minimum absolute atomic E-state index is 0.0427. The predicted octanol–water partition coefficient (Wildman–Crippen LogP) is 1.47. The lowest BCUT2D eigenvalue weighted by molar-refractivity contribution is -0.121. The number of carbonyl (C=O) groups is 2. The number of ketones is 1. The van der Waals surface area contributed by atoms with E-state index in [-0.39, 0.29) is 30.3 Å². The van der Waals surface area contributed by atoms with Crippen molar-refractivity contribution in [1.82, 2.24) is 10.2 Å². The smallest absolute Gasteiger partial charge is 0.233 e. The van der Waals surface area contributed by atoms with Crippen LogP contribution in [0.15, 0.2) is 18.2 Å². The van der Waals surface area contributed by atoms with E-state index < -0.39 is 5.82 Å². The molecule has 0 unspecified atom stereocenters. The third-order valence-electron chi connectivity index (χ3n) is 3.02. The number of nitrogens with one attached hydrogen (secondary N) is 1. The summed E-state index contributed by atoms with van der Waals surface area (Å²) in [5.74, 6) is -0.601. The molecule has 0 fully saturated rings. The summed E-state index contributed by atoms with van der Waals surface area (Å²) in [6.45, 7) is 2.75. The van der Waals surface area contributed by atoms with Crippen molar-refractivity contribution in [2.24, 2.45) is 0 Å². The zero-order valence-electron chi connectivity index (χ0n) is 12.6. The van der Waals surface area contributed by atoms with Gasteiger partial charge in [-0.25, -0.2) is 4.39 Å². The maximum Gasteiger partial charge on any atom is 0.233 e. The molecule has 0 saturated heterocycles. The van der Waals surface area contributed by atoms with Gasteiger partial charge in [0.25, 0.3) is 0 Å². The fraction of sp³-hybridized carbons (Fsp3) is 0.467. The molecule has 0 aromatic heterocycles. The Morgan fingerprint density at radius 2 is 2.05 bits per heavy atom. The molecule has 0 aliphatic carbocycles. The molecule has 0 atom stereocenters. The largest absolute Gasteiger partial charge is 0.496 e. The topological polar surface area (TPSA) is 58.6 Å². The van der Waals surface area contributed by atoms with Crippen LogP contribution in [0.5, 0.6) is 5.75 Å². The third kappa shape index (κ3) is 5.15. The lowest BCUT2D eigenvalue weighted by atomic mass is 10.1. The average molecular weight is 296 g/mol. The SMILES string of the molecule is CCCN(CC(=O)NC)CC(=O)c1cc(F)ccc1OC. The highest BCUT2D eigenvalue weighted by molar-refractivity contribution is 6.00. The number of hydrogen-bond donors (Lipinski definition) is 1. The van der Waals surface area contributed by atoms with E-state index in [0.717, 1.165) is 12.5 Å². The number of nitrogens with zero attached hydrogens (tertiary/aromatic N) is 1. The van der Waals surface area contributed by atoms with E-state index >= 15 is 0 Å². The number of likely N-dealkylation sites (N-methyl/N-ethyl adjacent to an activating group) is 1.